The summed E-state index contributed by atoms with van der Waals surface area (Å²) < 4.78 is 18.4. The number of anilines is 1. The first-order valence-corrected chi connectivity index (χ1v) is 5.06. The first kappa shape index (κ1) is 13.2. The highest BCUT2D eigenvalue weighted by Gasteiger charge is 2.28. The molecule has 7 heteroatoms. The van der Waals surface area contributed by atoms with Crippen molar-refractivity contribution in [3.63, 3.8) is 0 Å². The fourth-order valence-electron chi connectivity index (χ4n) is 1.45. The number of nitrogens with one attached hydrogen (secondary N) is 1. The molecule has 1 aromatic rings. The maximum atomic E-state index is 13.5. The van der Waals surface area contributed by atoms with Crippen LogP contribution in [0.4, 0.5) is 10.3 Å². The van der Waals surface area contributed by atoms with Crippen molar-refractivity contribution in [2.45, 2.75) is 19.5 Å². The fourth-order valence-corrected chi connectivity index (χ4v) is 1.45. The number of piperazine rings is 1. The zero-order valence-corrected chi connectivity index (χ0v) is 10.2. The number of halogens is 2. The van der Waals surface area contributed by atoms with Gasteiger partial charge < -0.3 is 14.7 Å². The molecule has 0 unspecified atom stereocenters. The maximum absolute atomic E-state index is 13.5. The lowest BCUT2D eigenvalue weighted by atomic mass is 10.2. The van der Waals surface area contributed by atoms with Gasteiger partial charge in [0.25, 0.3) is 11.8 Å². The Hall–Kier alpha value is -0.880. The number of nitrogens with zero attached hydrogens (tertiary/aromatic N) is 3. The molecule has 0 aromatic carbocycles. The molecule has 92 valence electrons. The number of alkyl halides is 1. The van der Waals surface area contributed by atoms with Gasteiger partial charge in [0.1, 0.15) is 0 Å². The molecule has 1 fully saturated rings. The van der Waals surface area contributed by atoms with E-state index in [4.69, 9.17) is 4.52 Å². The highest BCUT2D eigenvalue weighted by atomic mass is 35.5. The Morgan fingerprint density at radius 3 is 2.50 bits per heavy atom. The third-order valence-corrected chi connectivity index (χ3v) is 2.32. The molecule has 1 N–H and O–H groups in total. The summed E-state index contributed by atoms with van der Waals surface area (Å²) in [6.45, 7) is 6.24. The Bertz CT molecular complexity index is 332. The lowest BCUT2D eigenvalue weighted by Gasteiger charge is -2.25. The van der Waals surface area contributed by atoms with Crippen LogP contribution in [0.2, 0.25) is 0 Å². The van der Waals surface area contributed by atoms with Gasteiger partial charge in [0.05, 0.1) is 0 Å². The van der Waals surface area contributed by atoms with Crippen molar-refractivity contribution in [2.24, 2.45) is 0 Å². The van der Waals surface area contributed by atoms with Crippen molar-refractivity contribution < 1.29 is 8.91 Å². The highest BCUT2D eigenvalue weighted by Crippen LogP contribution is 2.24. The molecule has 2 rings (SSSR count). The molecule has 16 heavy (non-hydrogen) atoms. The van der Waals surface area contributed by atoms with E-state index in [9.17, 15) is 4.39 Å². The monoisotopic (exact) mass is 250 g/mol. The first-order chi connectivity index (χ1) is 7.07. The van der Waals surface area contributed by atoms with Crippen LogP contribution in [0, 0.1) is 0 Å². The van der Waals surface area contributed by atoms with Gasteiger partial charge in [-0.05, 0) is 19.0 Å². The van der Waals surface area contributed by atoms with E-state index in [0.717, 1.165) is 26.2 Å². The van der Waals surface area contributed by atoms with Gasteiger partial charge in [-0.1, -0.05) is 0 Å². The molecule has 1 aromatic heterocycles. The zero-order valence-electron chi connectivity index (χ0n) is 9.36. The van der Waals surface area contributed by atoms with Crippen LogP contribution in [-0.2, 0) is 5.67 Å². The SMILES string of the molecule is CC(C)(F)c1nc(N2CCNCC2)no1.Cl. The van der Waals surface area contributed by atoms with E-state index >= 15 is 0 Å². The molecular weight excluding hydrogens is 235 g/mol. The Kier molecular flexibility index (Phi) is 4.09. The minimum atomic E-state index is -1.57. The van der Waals surface area contributed by atoms with Crippen molar-refractivity contribution in [2.75, 3.05) is 31.1 Å². The normalized spacial score (nSPS) is 17.1. The van der Waals surface area contributed by atoms with E-state index in [1.807, 2.05) is 4.90 Å². The molecule has 2 heterocycles. The van der Waals surface area contributed by atoms with Gasteiger partial charge in [-0.15, -0.1) is 12.4 Å². The Morgan fingerprint density at radius 1 is 1.38 bits per heavy atom. The molecule has 0 bridgehead atoms. The summed E-state index contributed by atoms with van der Waals surface area (Å²) in [5.41, 5.74) is -1.57. The molecular formula is C9H16ClFN4O. The van der Waals surface area contributed by atoms with Gasteiger partial charge in [0, 0.05) is 26.2 Å². The van der Waals surface area contributed by atoms with Crippen molar-refractivity contribution in [1.29, 1.82) is 0 Å². The molecule has 1 aliphatic rings. The van der Waals surface area contributed by atoms with Crippen LogP contribution in [-0.4, -0.2) is 36.3 Å². The summed E-state index contributed by atoms with van der Waals surface area (Å²) in [4.78, 5) is 6.03. The van der Waals surface area contributed by atoms with E-state index in [1.165, 1.54) is 13.8 Å². The van der Waals surface area contributed by atoms with Crippen LogP contribution in [0.3, 0.4) is 0 Å². The van der Waals surface area contributed by atoms with Gasteiger partial charge in [-0.3, -0.25) is 0 Å². The van der Waals surface area contributed by atoms with Gasteiger partial charge in [0.2, 0.25) is 0 Å². The van der Waals surface area contributed by atoms with Gasteiger partial charge in [-0.25, -0.2) is 4.39 Å². The zero-order chi connectivity index (χ0) is 10.9. The number of aromatic nitrogens is 2. The Morgan fingerprint density at radius 2 is 2.00 bits per heavy atom. The number of rotatable bonds is 2. The molecule has 0 radical (unpaired) electrons. The standard InChI is InChI=1S/C9H15FN4O.ClH/c1-9(2,10)7-12-8(13-15-7)14-5-3-11-4-6-14;/h11H,3-6H2,1-2H3;1H. The van der Waals surface area contributed by atoms with E-state index in [2.05, 4.69) is 15.5 Å². The second-order valence-electron chi connectivity index (χ2n) is 4.11. The van der Waals surface area contributed by atoms with Crippen LogP contribution in [0.5, 0.6) is 0 Å². The third-order valence-electron chi connectivity index (χ3n) is 2.32. The summed E-state index contributed by atoms with van der Waals surface area (Å²) in [5, 5.41) is 7.00. The van der Waals surface area contributed by atoms with Crippen LogP contribution in [0.25, 0.3) is 0 Å². The largest absolute Gasteiger partial charge is 0.336 e. The summed E-state index contributed by atoms with van der Waals surface area (Å²) in [5.74, 6) is 0.522. The average molecular weight is 251 g/mol. The highest BCUT2D eigenvalue weighted by molar-refractivity contribution is 5.85. The molecule has 0 atom stereocenters. The van der Waals surface area contributed by atoms with Crippen LogP contribution in [0.15, 0.2) is 4.52 Å². The summed E-state index contributed by atoms with van der Waals surface area (Å²) in [6.07, 6.45) is 0. The second kappa shape index (κ2) is 4.97. The average Bonchev–Trinajstić information content (AvgIpc) is 2.67. The lowest BCUT2D eigenvalue weighted by Crippen LogP contribution is -2.44. The predicted octanol–water partition coefficient (Wildman–Crippen LogP) is 1.11. The third kappa shape index (κ3) is 2.82. The lowest BCUT2D eigenvalue weighted by molar-refractivity contribution is 0.155. The number of hydrogen-bond acceptors (Lipinski definition) is 5. The van der Waals surface area contributed by atoms with E-state index < -0.39 is 5.67 Å². The summed E-state index contributed by atoms with van der Waals surface area (Å²) in [7, 11) is 0. The van der Waals surface area contributed by atoms with Crippen LogP contribution >= 0.6 is 12.4 Å². The van der Waals surface area contributed by atoms with Crippen LogP contribution in [0.1, 0.15) is 19.7 Å². The molecule has 1 aliphatic heterocycles. The molecule has 0 amide bonds. The van der Waals surface area contributed by atoms with Crippen molar-refractivity contribution >= 4 is 18.4 Å². The van der Waals surface area contributed by atoms with Crippen LogP contribution < -0.4 is 10.2 Å². The van der Waals surface area contributed by atoms with E-state index in [0.29, 0.717) is 5.95 Å². The van der Waals surface area contributed by atoms with Gasteiger partial charge >= 0.3 is 0 Å². The Balaban J connectivity index is 0.00000128. The number of hydrogen-bond donors (Lipinski definition) is 1. The molecule has 0 aliphatic carbocycles. The smallest absolute Gasteiger partial charge is 0.266 e. The van der Waals surface area contributed by atoms with Crippen molar-refractivity contribution in [3.05, 3.63) is 5.89 Å². The maximum Gasteiger partial charge on any atom is 0.266 e. The van der Waals surface area contributed by atoms with Gasteiger partial charge in [0.15, 0.2) is 5.67 Å². The second-order valence-corrected chi connectivity index (χ2v) is 4.11. The molecule has 0 saturated carbocycles. The molecule has 1 saturated heterocycles. The first-order valence-electron chi connectivity index (χ1n) is 5.06. The van der Waals surface area contributed by atoms with E-state index in [-0.39, 0.29) is 18.3 Å². The molecule has 5 nitrogen and oxygen atoms in total. The summed E-state index contributed by atoms with van der Waals surface area (Å²) >= 11 is 0. The summed E-state index contributed by atoms with van der Waals surface area (Å²) in [6, 6.07) is 0. The van der Waals surface area contributed by atoms with E-state index in [1.54, 1.807) is 0 Å². The Labute approximate surface area is 99.8 Å². The van der Waals surface area contributed by atoms with Crippen molar-refractivity contribution in [3.8, 4) is 0 Å². The molecule has 0 spiro atoms. The topological polar surface area (TPSA) is 54.2 Å². The minimum absolute atomic E-state index is 0. The van der Waals surface area contributed by atoms with Crippen molar-refractivity contribution in [1.82, 2.24) is 15.5 Å². The van der Waals surface area contributed by atoms with Gasteiger partial charge in [-0.2, -0.15) is 4.98 Å². The minimum Gasteiger partial charge on any atom is -0.336 e. The quantitative estimate of drug-likeness (QED) is 0.852. The predicted molar refractivity (Wildman–Crippen MR) is 60.8 cm³/mol. The fraction of sp³-hybridized carbons (Fsp3) is 0.778.